The van der Waals surface area contributed by atoms with E-state index in [2.05, 4.69) is 13.0 Å². The van der Waals surface area contributed by atoms with Crippen LogP contribution in [-0.4, -0.2) is 13.4 Å². The van der Waals surface area contributed by atoms with Crippen LogP contribution in [-0.2, 0) is 0 Å². The molecule has 0 aromatic heterocycles. The first-order chi connectivity index (χ1) is 9.38. The average molecular weight is 256 g/mol. The van der Waals surface area contributed by atoms with Gasteiger partial charge in [-0.3, -0.25) is 0 Å². The number of rotatable bonds is 4. The van der Waals surface area contributed by atoms with E-state index in [1.54, 1.807) is 0 Å². The lowest BCUT2D eigenvalue weighted by Crippen LogP contribution is -1.96. The average Bonchev–Trinajstić information content (AvgIpc) is 2.92. The zero-order valence-corrected chi connectivity index (χ0v) is 10.9. The van der Waals surface area contributed by atoms with Crippen molar-refractivity contribution in [2.75, 3.05) is 13.4 Å². The quantitative estimate of drug-likeness (QED) is 0.831. The van der Waals surface area contributed by atoms with Gasteiger partial charge < -0.3 is 14.2 Å². The van der Waals surface area contributed by atoms with E-state index < -0.39 is 0 Å². The van der Waals surface area contributed by atoms with Gasteiger partial charge in [-0.15, -0.1) is 0 Å². The molecule has 1 heterocycles. The Hall–Kier alpha value is -2.16. The summed E-state index contributed by atoms with van der Waals surface area (Å²) in [6.07, 6.45) is 0.996. The molecule has 0 bridgehead atoms. The molecule has 2 aromatic rings. The maximum Gasteiger partial charge on any atom is 0.231 e. The number of fused-ring (bicyclic) bond motifs is 1. The molecule has 0 unspecified atom stereocenters. The Kier molecular flexibility index (Phi) is 3.27. The zero-order chi connectivity index (χ0) is 13.1. The molecule has 1 aliphatic heterocycles. The molecule has 1 aliphatic rings. The van der Waals surface area contributed by atoms with Gasteiger partial charge >= 0.3 is 0 Å². The van der Waals surface area contributed by atoms with Gasteiger partial charge in [0.25, 0.3) is 0 Å². The molecule has 0 saturated heterocycles. The second kappa shape index (κ2) is 5.22. The zero-order valence-electron chi connectivity index (χ0n) is 10.9. The standard InChI is InChI=1S/C16H16O3/c1-2-9-17-14-6-4-3-5-13(14)12-7-8-15-16(10-12)19-11-18-15/h3-8,10H,2,9,11H2,1H3. The molecule has 0 aliphatic carbocycles. The first kappa shape index (κ1) is 11.9. The lowest BCUT2D eigenvalue weighted by Gasteiger charge is -2.11. The molecule has 0 radical (unpaired) electrons. The molecular formula is C16H16O3. The summed E-state index contributed by atoms with van der Waals surface area (Å²) in [5.41, 5.74) is 2.16. The number of hydrogen-bond donors (Lipinski definition) is 0. The van der Waals surface area contributed by atoms with Crippen LogP contribution in [0, 0.1) is 0 Å². The first-order valence-corrected chi connectivity index (χ1v) is 6.50. The van der Waals surface area contributed by atoms with Gasteiger partial charge in [0.15, 0.2) is 11.5 Å². The van der Waals surface area contributed by atoms with Gasteiger partial charge in [0.2, 0.25) is 6.79 Å². The Morgan fingerprint density at radius 1 is 1.05 bits per heavy atom. The van der Waals surface area contributed by atoms with Crippen LogP contribution in [0.15, 0.2) is 42.5 Å². The van der Waals surface area contributed by atoms with Crippen LogP contribution in [0.5, 0.6) is 17.2 Å². The van der Waals surface area contributed by atoms with E-state index in [1.807, 2.05) is 36.4 Å². The summed E-state index contributed by atoms with van der Waals surface area (Å²) >= 11 is 0. The summed E-state index contributed by atoms with van der Waals surface area (Å²) in [4.78, 5) is 0. The largest absolute Gasteiger partial charge is 0.493 e. The van der Waals surface area contributed by atoms with E-state index in [-0.39, 0.29) is 0 Å². The van der Waals surface area contributed by atoms with E-state index in [1.165, 1.54) is 0 Å². The van der Waals surface area contributed by atoms with Crippen molar-refractivity contribution < 1.29 is 14.2 Å². The van der Waals surface area contributed by atoms with Crippen molar-refractivity contribution in [3.05, 3.63) is 42.5 Å². The third-order valence-corrected chi connectivity index (χ3v) is 3.03. The highest BCUT2D eigenvalue weighted by Crippen LogP contribution is 2.38. The van der Waals surface area contributed by atoms with Gasteiger partial charge in [0.05, 0.1) is 6.61 Å². The molecule has 0 atom stereocenters. The molecule has 19 heavy (non-hydrogen) atoms. The Balaban J connectivity index is 1.97. The third-order valence-electron chi connectivity index (χ3n) is 3.03. The fraction of sp³-hybridized carbons (Fsp3) is 0.250. The summed E-state index contributed by atoms with van der Waals surface area (Å²) in [6, 6.07) is 14.0. The Morgan fingerprint density at radius 3 is 2.79 bits per heavy atom. The Bertz CT molecular complexity index is 578. The minimum Gasteiger partial charge on any atom is -0.493 e. The molecule has 3 nitrogen and oxygen atoms in total. The fourth-order valence-corrected chi connectivity index (χ4v) is 2.11. The predicted octanol–water partition coefficient (Wildman–Crippen LogP) is 3.87. The smallest absolute Gasteiger partial charge is 0.231 e. The molecule has 0 spiro atoms. The summed E-state index contributed by atoms with van der Waals surface area (Å²) in [5.74, 6) is 2.50. The van der Waals surface area contributed by atoms with Gasteiger partial charge in [-0.1, -0.05) is 31.2 Å². The SMILES string of the molecule is CCCOc1ccccc1-c1ccc2c(c1)OCO2. The van der Waals surface area contributed by atoms with Gasteiger partial charge in [0.1, 0.15) is 5.75 Å². The molecule has 0 saturated carbocycles. The minimum atomic E-state index is 0.298. The van der Waals surface area contributed by atoms with Crippen LogP contribution < -0.4 is 14.2 Å². The molecule has 98 valence electrons. The molecular weight excluding hydrogens is 240 g/mol. The van der Waals surface area contributed by atoms with E-state index in [4.69, 9.17) is 14.2 Å². The summed E-state index contributed by atoms with van der Waals surface area (Å²) in [5, 5.41) is 0. The normalized spacial score (nSPS) is 12.5. The van der Waals surface area contributed by atoms with Crippen molar-refractivity contribution >= 4 is 0 Å². The Labute approximate surface area is 112 Å². The Morgan fingerprint density at radius 2 is 1.89 bits per heavy atom. The van der Waals surface area contributed by atoms with E-state index >= 15 is 0 Å². The highest BCUT2D eigenvalue weighted by molar-refractivity contribution is 5.73. The van der Waals surface area contributed by atoms with Gasteiger partial charge in [0, 0.05) is 5.56 Å². The molecule has 2 aromatic carbocycles. The van der Waals surface area contributed by atoms with Crippen LogP contribution in [0.1, 0.15) is 13.3 Å². The lowest BCUT2D eigenvalue weighted by atomic mass is 10.0. The fourth-order valence-electron chi connectivity index (χ4n) is 2.11. The topological polar surface area (TPSA) is 27.7 Å². The molecule has 0 N–H and O–H groups in total. The van der Waals surface area contributed by atoms with Gasteiger partial charge in [-0.25, -0.2) is 0 Å². The molecule has 0 fully saturated rings. The third kappa shape index (κ3) is 2.36. The molecule has 0 amide bonds. The second-order valence-electron chi connectivity index (χ2n) is 4.41. The summed E-state index contributed by atoms with van der Waals surface area (Å²) in [7, 11) is 0. The molecule has 3 heteroatoms. The van der Waals surface area contributed by atoms with Crippen LogP contribution in [0.3, 0.4) is 0 Å². The van der Waals surface area contributed by atoms with Gasteiger partial charge in [-0.2, -0.15) is 0 Å². The first-order valence-electron chi connectivity index (χ1n) is 6.50. The molecule has 3 rings (SSSR count). The second-order valence-corrected chi connectivity index (χ2v) is 4.41. The number of para-hydroxylation sites is 1. The number of benzene rings is 2. The summed E-state index contributed by atoms with van der Waals surface area (Å²) < 4.78 is 16.5. The van der Waals surface area contributed by atoms with E-state index in [9.17, 15) is 0 Å². The van der Waals surface area contributed by atoms with Crippen molar-refractivity contribution in [3.63, 3.8) is 0 Å². The maximum atomic E-state index is 5.79. The van der Waals surface area contributed by atoms with Crippen molar-refractivity contribution in [2.45, 2.75) is 13.3 Å². The predicted molar refractivity (Wildman–Crippen MR) is 73.8 cm³/mol. The maximum absolute atomic E-state index is 5.79. The highest BCUT2D eigenvalue weighted by Gasteiger charge is 2.15. The van der Waals surface area contributed by atoms with Crippen molar-refractivity contribution in [1.82, 2.24) is 0 Å². The van der Waals surface area contributed by atoms with Crippen LogP contribution in [0.4, 0.5) is 0 Å². The summed E-state index contributed by atoms with van der Waals surface area (Å²) in [6.45, 7) is 3.12. The monoisotopic (exact) mass is 256 g/mol. The van der Waals surface area contributed by atoms with Crippen molar-refractivity contribution in [3.8, 4) is 28.4 Å². The van der Waals surface area contributed by atoms with E-state index in [0.717, 1.165) is 41.4 Å². The van der Waals surface area contributed by atoms with Crippen LogP contribution in [0.25, 0.3) is 11.1 Å². The number of hydrogen-bond acceptors (Lipinski definition) is 3. The van der Waals surface area contributed by atoms with Crippen LogP contribution in [0.2, 0.25) is 0 Å². The van der Waals surface area contributed by atoms with Crippen LogP contribution >= 0.6 is 0 Å². The lowest BCUT2D eigenvalue weighted by molar-refractivity contribution is 0.174. The minimum absolute atomic E-state index is 0.298. The number of ether oxygens (including phenoxy) is 3. The van der Waals surface area contributed by atoms with E-state index in [0.29, 0.717) is 6.79 Å². The van der Waals surface area contributed by atoms with Crippen molar-refractivity contribution in [2.24, 2.45) is 0 Å². The van der Waals surface area contributed by atoms with Gasteiger partial charge in [-0.05, 0) is 30.2 Å². The highest BCUT2D eigenvalue weighted by atomic mass is 16.7. The van der Waals surface area contributed by atoms with Crippen molar-refractivity contribution in [1.29, 1.82) is 0 Å².